The van der Waals surface area contributed by atoms with E-state index in [2.05, 4.69) is 39.4 Å². The third-order valence-corrected chi connectivity index (χ3v) is 3.20. The zero-order chi connectivity index (χ0) is 17.1. The van der Waals surface area contributed by atoms with Crippen molar-refractivity contribution in [2.75, 3.05) is 27.3 Å². The summed E-state index contributed by atoms with van der Waals surface area (Å²) >= 11 is 0. The lowest BCUT2D eigenvalue weighted by Gasteiger charge is -2.15. The maximum atomic E-state index is 11.1. The number of hydrogen-bond acceptors (Lipinski definition) is 4. The molecule has 0 saturated heterocycles. The summed E-state index contributed by atoms with van der Waals surface area (Å²) in [7, 11) is 3.07. The molecule has 0 aliphatic heterocycles. The first-order valence-electron chi connectivity index (χ1n) is 7.84. The minimum absolute atomic E-state index is 0. The molecule has 6 nitrogen and oxygen atoms in total. The minimum Gasteiger partial charge on any atom is -0.493 e. The van der Waals surface area contributed by atoms with Gasteiger partial charge in [0.2, 0.25) is 0 Å². The van der Waals surface area contributed by atoms with Crippen LogP contribution in [0.3, 0.4) is 0 Å². The van der Waals surface area contributed by atoms with Gasteiger partial charge in [0.15, 0.2) is 5.96 Å². The van der Waals surface area contributed by atoms with Crippen molar-refractivity contribution in [3.63, 3.8) is 0 Å². The Kier molecular flexibility index (Phi) is 12.0. The van der Waals surface area contributed by atoms with Crippen molar-refractivity contribution in [1.29, 1.82) is 0 Å². The van der Waals surface area contributed by atoms with Crippen molar-refractivity contribution < 1.29 is 14.3 Å². The van der Waals surface area contributed by atoms with Crippen molar-refractivity contribution >= 4 is 35.9 Å². The van der Waals surface area contributed by atoms with E-state index in [0.717, 1.165) is 17.7 Å². The number of esters is 1. The first-order chi connectivity index (χ1) is 11.1. The number of carbonyl (C=O) groups is 1. The first-order valence-corrected chi connectivity index (χ1v) is 7.84. The van der Waals surface area contributed by atoms with Crippen molar-refractivity contribution in [1.82, 2.24) is 10.6 Å². The summed E-state index contributed by atoms with van der Waals surface area (Å²) in [6, 6.07) is 6.15. The number of carbonyl (C=O) groups excluding carboxylic acids is 1. The van der Waals surface area contributed by atoms with Crippen LogP contribution in [0.1, 0.15) is 30.9 Å². The molecule has 1 aromatic carbocycles. The number of aryl methyl sites for hydroxylation is 1. The van der Waals surface area contributed by atoms with Crippen molar-refractivity contribution in [2.24, 2.45) is 4.99 Å². The second-order valence-corrected chi connectivity index (χ2v) is 5.14. The molecule has 0 atom stereocenters. The van der Waals surface area contributed by atoms with E-state index in [0.29, 0.717) is 32.1 Å². The van der Waals surface area contributed by atoms with Crippen molar-refractivity contribution in [2.45, 2.75) is 33.2 Å². The summed E-state index contributed by atoms with van der Waals surface area (Å²) in [5, 5.41) is 6.30. The lowest BCUT2D eigenvalue weighted by Crippen LogP contribution is -2.38. The molecule has 0 bridgehead atoms. The molecule has 7 heteroatoms. The van der Waals surface area contributed by atoms with Gasteiger partial charge in [-0.05, 0) is 25.0 Å². The van der Waals surface area contributed by atoms with E-state index in [9.17, 15) is 4.79 Å². The monoisotopic (exact) mass is 449 g/mol. The van der Waals surface area contributed by atoms with Gasteiger partial charge in [-0.2, -0.15) is 0 Å². The SMILES string of the molecule is CCCOc1cc(C)ccc1CNC(=NC)NCCC(=O)OC.I. The summed E-state index contributed by atoms with van der Waals surface area (Å²) in [6.07, 6.45) is 1.27. The van der Waals surface area contributed by atoms with Gasteiger partial charge in [-0.15, -0.1) is 24.0 Å². The van der Waals surface area contributed by atoms with Crippen LogP contribution in [0.2, 0.25) is 0 Å². The van der Waals surface area contributed by atoms with Gasteiger partial charge < -0.3 is 20.1 Å². The molecule has 0 aliphatic carbocycles. The molecule has 0 fully saturated rings. The van der Waals surface area contributed by atoms with Crippen molar-refractivity contribution in [3.8, 4) is 5.75 Å². The molecule has 0 aliphatic rings. The Bertz CT molecular complexity index is 536. The number of nitrogens with one attached hydrogen (secondary N) is 2. The van der Waals surface area contributed by atoms with Gasteiger partial charge in [0.1, 0.15) is 5.75 Å². The molecule has 2 N–H and O–H groups in total. The number of benzene rings is 1. The Labute approximate surface area is 161 Å². The number of hydrogen-bond donors (Lipinski definition) is 2. The van der Waals surface area contributed by atoms with Gasteiger partial charge in [-0.25, -0.2) is 0 Å². The summed E-state index contributed by atoms with van der Waals surface area (Å²) in [5.74, 6) is 1.28. The molecule has 1 rings (SSSR count). The Morgan fingerprint density at radius 3 is 2.67 bits per heavy atom. The highest BCUT2D eigenvalue weighted by Crippen LogP contribution is 2.20. The maximum Gasteiger partial charge on any atom is 0.307 e. The highest BCUT2D eigenvalue weighted by atomic mass is 127. The van der Waals surface area contributed by atoms with Gasteiger partial charge in [0, 0.05) is 25.7 Å². The second kappa shape index (κ2) is 12.9. The zero-order valence-corrected chi connectivity index (χ0v) is 17.2. The fourth-order valence-corrected chi connectivity index (χ4v) is 1.94. The standard InChI is InChI=1S/C17H27N3O3.HI/c1-5-10-23-15-11-13(2)6-7-14(15)12-20-17(18-3)19-9-8-16(21)22-4;/h6-7,11H,5,8-10,12H2,1-4H3,(H2,18,19,20);1H. The van der Waals surface area contributed by atoms with Crippen LogP contribution in [0.15, 0.2) is 23.2 Å². The van der Waals surface area contributed by atoms with Crippen molar-refractivity contribution in [3.05, 3.63) is 29.3 Å². The lowest BCUT2D eigenvalue weighted by atomic mass is 10.1. The third kappa shape index (κ3) is 8.37. The maximum absolute atomic E-state index is 11.1. The number of nitrogens with zero attached hydrogens (tertiary/aromatic N) is 1. The number of aliphatic imine (C=N–C) groups is 1. The molecule has 0 unspecified atom stereocenters. The van der Waals surface area contributed by atoms with Gasteiger partial charge >= 0.3 is 5.97 Å². The van der Waals surface area contributed by atoms with Crippen LogP contribution in [0.5, 0.6) is 5.75 Å². The second-order valence-electron chi connectivity index (χ2n) is 5.14. The van der Waals surface area contributed by atoms with Crippen LogP contribution in [0.25, 0.3) is 0 Å². The van der Waals surface area contributed by atoms with Crippen LogP contribution in [-0.4, -0.2) is 39.2 Å². The van der Waals surface area contributed by atoms with E-state index < -0.39 is 0 Å². The van der Waals surface area contributed by atoms with Gasteiger partial charge in [-0.3, -0.25) is 9.79 Å². The summed E-state index contributed by atoms with van der Waals surface area (Å²) in [4.78, 5) is 15.2. The summed E-state index contributed by atoms with van der Waals surface area (Å²) in [6.45, 7) is 5.89. The fraction of sp³-hybridized carbons (Fsp3) is 0.529. The normalized spacial score (nSPS) is 10.6. The van der Waals surface area contributed by atoms with Crippen LogP contribution < -0.4 is 15.4 Å². The molecule has 0 radical (unpaired) electrons. The summed E-state index contributed by atoms with van der Waals surface area (Å²) in [5.41, 5.74) is 2.24. The molecule has 0 heterocycles. The minimum atomic E-state index is -0.248. The molecule has 24 heavy (non-hydrogen) atoms. The number of halogens is 1. The highest BCUT2D eigenvalue weighted by Gasteiger charge is 2.06. The average Bonchev–Trinajstić information content (AvgIpc) is 2.56. The summed E-state index contributed by atoms with van der Waals surface area (Å²) < 4.78 is 10.4. The van der Waals surface area contributed by atoms with E-state index in [1.54, 1.807) is 7.05 Å². The fourth-order valence-electron chi connectivity index (χ4n) is 1.94. The predicted octanol–water partition coefficient (Wildman–Crippen LogP) is 2.63. The van der Waals surface area contributed by atoms with E-state index in [4.69, 9.17) is 4.74 Å². The smallest absolute Gasteiger partial charge is 0.307 e. The number of ether oxygens (including phenoxy) is 2. The Morgan fingerprint density at radius 1 is 1.29 bits per heavy atom. The first kappa shape index (κ1) is 22.5. The molecule has 0 amide bonds. The molecule has 0 spiro atoms. The van der Waals surface area contributed by atoms with Crippen LogP contribution in [0, 0.1) is 6.92 Å². The van der Waals surface area contributed by atoms with E-state index in [-0.39, 0.29) is 29.9 Å². The number of rotatable bonds is 8. The lowest BCUT2D eigenvalue weighted by molar-refractivity contribution is -0.140. The molecule has 136 valence electrons. The topological polar surface area (TPSA) is 72.0 Å². The molecule has 0 saturated carbocycles. The quantitative estimate of drug-likeness (QED) is 0.276. The Balaban J connectivity index is 0.00000529. The van der Waals surface area contributed by atoms with Crippen LogP contribution >= 0.6 is 24.0 Å². The predicted molar refractivity (Wildman–Crippen MR) is 107 cm³/mol. The van der Waals surface area contributed by atoms with E-state index in [1.165, 1.54) is 12.7 Å². The van der Waals surface area contributed by atoms with Gasteiger partial charge in [-0.1, -0.05) is 19.1 Å². The number of guanidine groups is 1. The number of methoxy groups -OCH3 is 1. The van der Waals surface area contributed by atoms with Gasteiger partial charge in [0.25, 0.3) is 0 Å². The molecular formula is C17H28IN3O3. The third-order valence-electron chi connectivity index (χ3n) is 3.20. The molecule has 0 aromatic heterocycles. The largest absolute Gasteiger partial charge is 0.493 e. The van der Waals surface area contributed by atoms with E-state index in [1.807, 2.05) is 13.0 Å². The zero-order valence-electron chi connectivity index (χ0n) is 14.8. The molecular weight excluding hydrogens is 421 g/mol. The van der Waals surface area contributed by atoms with E-state index >= 15 is 0 Å². The van der Waals surface area contributed by atoms with Crippen LogP contribution in [0.4, 0.5) is 0 Å². The van der Waals surface area contributed by atoms with Crippen LogP contribution in [-0.2, 0) is 16.1 Å². The molecule has 1 aromatic rings. The van der Waals surface area contributed by atoms with Gasteiger partial charge in [0.05, 0.1) is 20.1 Å². The highest BCUT2D eigenvalue weighted by molar-refractivity contribution is 14.0. The Morgan fingerprint density at radius 2 is 2.04 bits per heavy atom. The average molecular weight is 449 g/mol. The Hall–Kier alpha value is -1.51.